The average molecular weight is 231 g/mol. The van der Waals surface area contributed by atoms with Crippen molar-refractivity contribution >= 4 is 11.9 Å². The third-order valence-corrected chi connectivity index (χ3v) is 1.91. The summed E-state index contributed by atoms with van der Waals surface area (Å²) in [6.07, 6.45) is 0. The normalized spacial score (nSPS) is 11.1. The number of rotatable bonds is 5. The Balaban J connectivity index is 4.16. The Morgan fingerprint density at radius 1 is 1.25 bits per heavy atom. The van der Waals surface area contributed by atoms with Crippen LogP contribution in [0.5, 0.6) is 0 Å². The summed E-state index contributed by atoms with van der Waals surface area (Å²) in [6.45, 7) is 7.83. The van der Waals surface area contributed by atoms with Crippen LogP contribution >= 0.6 is 0 Å². The first-order valence-electron chi connectivity index (χ1n) is 5.28. The molecule has 0 radical (unpaired) electrons. The lowest BCUT2D eigenvalue weighted by Crippen LogP contribution is -2.39. The van der Waals surface area contributed by atoms with Crippen molar-refractivity contribution in [1.29, 1.82) is 0 Å². The number of ether oxygens (including phenoxy) is 2. The number of esters is 1. The minimum atomic E-state index is -0.425. The van der Waals surface area contributed by atoms with Crippen LogP contribution in [0.3, 0.4) is 0 Å². The summed E-state index contributed by atoms with van der Waals surface area (Å²) in [5.41, 5.74) is -0.361. The molecular weight excluding hydrogens is 210 g/mol. The summed E-state index contributed by atoms with van der Waals surface area (Å²) in [5, 5.41) is 0. The lowest BCUT2D eigenvalue weighted by molar-refractivity contribution is -0.150. The van der Waals surface area contributed by atoms with Gasteiger partial charge in [0.15, 0.2) is 0 Å². The lowest BCUT2D eigenvalue weighted by atomic mass is 10.2. The van der Waals surface area contributed by atoms with Gasteiger partial charge < -0.3 is 14.4 Å². The summed E-state index contributed by atoms with van der Waals surface area (Å²) in [7, 11) is 1.30. The first-order chi connectivity index (χ1) is 7.30. The van der Waals surface area contributed by atoms with Crippen molar-refractivity contribution in [2.24, 2.45) is 0 Å². The third-order valence-electron chi connectivity index (χ3n) is 1.91. The zero-order chi connectivity index (χ0) is 12.8. The molecule has 5 heteroatoms. The molecular formula is C11H21NO4. The number of methoxy groups -OCH3 is 1. The predicted octanol–water partition coefficient (Wildman–Crippen LogP) is 0.823. The van der Waals surface area contributed by atoms with Crippen LogP contribution < -0.4 is 0 Å². The lowest BCUT2D eigenvalue weighted by Gasteiger charge is -2.23. The van der Waals surface area contributed by atoms with E-state index < -0.39 is 5.97 Å². The highest BCUT2D eigenvalue weighted by molar-refractivity contribution is 5.82. The molecule has 0 fully saturated rings. The van der Waals surface area contributed by atoms with Crippen LogP contribution in [0.15, 0.2) is 0 Å². The monoisotopic (exact) mass is 231 g/mol. The van der Waals surface area contributed by atoms with E-state index in [4.69, 9.17) is 4.74 Å². The van der Waals surface area contributed by atoms with E-state index in [0.29, 0.717) is 6.54 Å². The largest absolute Gasteiger partial charge is 0.468 e. The molecule has 0 N–H and O–H groups in total. The second-order valence-electron chi connectivity index (χ2n) is 4.39. The minimum absolute atomic E-state index is 0.0195. The van der Waals surface area contributed by atoms with Gasteiger partial charge in [0.1, 0.15) is 13.2 Å². The average Bonchev–Trinajstić information content (AvgIpc) is 2.21. The Hall–Kier alpha value is -1.10. The van der Waals surface area contributed by atoms with Crippen LogP contribution in [0.25, 0.3) is 0 Å². The van der Waals surface area contributed by atoms with Gasteiger partial charge in [0.05, 0.1) is 12.7 Å². The van der Waals surface area contributed by atoms with Crippen molar-refractivity contribution in [3.63, 3.8) is 0 Å². The maximum absolute atomic E-state index is 11.7. The predicted molar refractivity (Wildman–Crippen MR) is 60.0 cm³/mol. The molecule has 0 aromatic carbocycles. The SMILES string of the molecule is CCN(CC(=O)OC)C(=O)COC(C)(C)C. The number of amides is 1. The van der Waals surface area contributed by atoms with Gasteiger partial charge in [-0.05, 0) is 27.7 Å². The molecule has 0 heterocycles. The highest BCUT2D eigenvalue weighted by Gasteiger charge is 2.19. The molecule has 0 saturated heterocycles. The van der Waals surface area contributed by atoms with E-state index in [1.54, 1.807) is 6.92 Å². The molecule has 1 amide bonds. The van der Waals surface area contributed by atoms with Crippen LogP contribution in [0.1, 0.15) is 27.7 Å². The van der Waals surface area contributed by atoms with E-state index in [-0.39, 0.29) is 24.7 Å². The van der Waals surface area contributed by atoms with E-state index in [2.05, 4.69) is 4.74 Å². The standard InChI is InChI=1S/C11H21NO4/c1-6-12(7-10(14)15-5)9(13)8-16-11(2,3)4/h6-8H2,1-5H3. The van der Waals surface area contributed by atoms with Crippen molar-refractivity contribution in [1.82, 2.24) is 4.90 Å². The van der Waals surface area contributed by atoms with Crippen LogP contribution in [-0.4, -0.2) is 49.2 Å². The third kappa shape index (κ3) is 6.40. The van der Waals surface area contributed by atoms with Gasteiger partial charge in [-0.2, -0.15) is 0 Å². The number of carbonyl (C=O) groups excluding carboxylic acids is 2. The molecule has 0 unspecified atom stereocenters. The van der Waals surface area contributed by atoms with Gasteiger partial charge in [0, 0.05) is 6.54 Å². The fraction of sp³-hybridized carbons (Fsp3) is 0.818. The fourth-order valence-electron chi connectivity index (χ4n) is 0.966. The molecule has 0 aromatic heterocycles. The number of nitrogens with zero attached hydrogens (tertiary/aromatic N) is 1. The van der Waals surface area contributed by atoms with E-state index >= 15 is 0 Å². The van der Waals surface area contributed by atoms with Gasteiger partial charge in [-0.15, -0.1) is 0 Å². The maximum Gasteiger partial charge on any atom is 0.325 e. The Morgan fingerprint density at radius 2 is 1.81 bits per heavy atom. The molecule has 0 rings (SSSR count). The van der Waals surface area contributed by atoms with E-state index in [1.807, 2.05) is 20.8 Å². The number of hydrogen-bond donors (Lipinski definition) is 0. The summed E-state index contributed by atoms with van der Waals surface area (Å²) < 4.78 is 9.85. The van der Waals surface area contributed by atoms with Crippen molar-refractivity contribution in [2.45, 2.75) is 33.3 Å². The summed E-state index contributed by atoms with van der Waals surface area (Å²) in [6, 6.07) is 0. The number of hydrogen-bond acceptors (Lipinski definition) is 4. The van der Waals surface area contributed by atoms with Crippen molar-refractivity contribution in [3.8, 4) is 0 Å². The summed E-state index contributed by atoms with van der Waals surface area (Å²) in [5.74, 6) is -0.631. The first kappa shape index (κ1) is 14.9. The molecule has 16 heavy (non-hydrogen) atoms. The van der Waals surface area contributed by atoms with Crippen LogP contribution in [0, 0.1) is 0 Å². The number of likely N-dealkylation sites (N-methyl/N-ethyl adjacent to an activating group) is 1. The molecule has 0 bridgehead atoms. The topological polar surface area (TPSA) is 55.8 Å². The van der Waals surface area contributed by atoms with Crippen molar-refractivity contribution in [3.05, 3.63) is 0 Å². The molecule has 0 aliphatic heterocycles. The first-order valence-corrected chi connectivity index (χ1v) is 5.28. The van der Waals surface area contributed by atoms with Gasteiger partial charge in [-0.1, -0.05) is 0 Å². The Labute approximate surface area is 96.7 Å². The van der Waals surface area contributed by atoms with Crippen molar-refractivity contribution in [2.75, 3.05) is 26.8 Å². The Morgan fingerprint density at radius 3 is 2.19 bits per heavy atom. The van der Waals surface area contributed by atoms with Crippen LogP contribution in [0.2, 0.25) is 0 Å². The quantitative estimate of drug-likeness (QED) is 0.657. The zero-order valence-corrected chi connectivity index (χ0v) is 10.7. The fourth-order valence-corrected chi connectivity index (χ4v) is 0.966. The van der Waals surface area contributed by atoms with Crippen molar-refractivity contribution < 1.29 is 19.1 Å². The number of carbonyl (C=O) groups is 2. The van der Waals surface area contributed by atoms with E-state index in [0.717, 1.165) is 0 Å². The molecule has 5 nitrogen and oxygen atoms in total. The second-order valence-corrected chi connectivity index (χ2v) is 4.39. The second kappa shape index (κ2) is 6.48. The van der Waals surface area contributed by atoms with Gasteiger partial charge >= 0.3 is 5.97 Å². The smallest absolute Gasteiger partial charge is 0.325 e. The highest BCUT2D eigenvalue weighted by atomic mass is 16.5. The van der Waals surface area contributed by atoms with Crippen LogP contribution in [0.4, 0.5) is 0 Å². The highest BCUT2D eigenvalue weighted by Crippen LogP contribution is 2.06. The van der Waals surface area contributed by atoms with Gasteiger partial charge in [-0.25, -0.2) is 0 Å². The molecule has 0 aliphatic carbocycles. The molecule has 0 atom stereocenters. The maximum atomic E-state index is 11.7. The van der Waals surface area contributed by atoms with E-state index in [1.165, 1.54) is 12.0 Å². The van der Waals surface area contributed by atoms with Gasteiger partial charge in [-0.3, -0.25) is 9.59 Å². The molecule has 0 aromatic rings. The summed E-state index contributed by atoms with van der Waals surface area (Å²) >= 11 is 0. The Kier molecular flexibility index (Phi) is 6.03. The zero-order valence-electron chi connectivity index (χ0n) is 10.7. The van der Waals surface area contributed by atoms with Gasteiger partial charge in [0.25, 0.3) is 0 Å². The van der Waals surface area contributed by atoms with Gasteiger partial charge in [0.2, 0.25) is 5.91 Å². The molecule has 0 spiro atoms. The Bertz CT molecular complexity index is 245. The molecule has 0 aliphatic rings. The minimum Gasteiger partial charge on any atom is -0.468 e. The van der Waals surface area contributed by atoms with E-state index in [9.17, 15) is 9.59 Å². The van der Waals surface area contributed by atoms with Crippen LogP contribution in [-0.2, 0) is 19.1 Å². The summed E-state index contributed by atoms with van der Waals surface area (Å²) in [4.78, 5) is 24.1. The molecule has 0 saturated carbocycles. The molecule has 94 valence electrons.